The van der Waals surface area contributed by atoms with E-state index in [2.05, 4.69) is 30.7 Å². The Kier molecular flexibility index (Phi) is 4.68. The average molecular weight is 419 g/mol. The van der Waals surface area contributed by atoms with Crippen molar-refractivity contribution in [3.05, 3.63) is 47.5 Å². The van der Waals surface area contributed by atoms with E-state index in [4.69, 9.17) is 5.73 Å². The number of aryl methyl sites for hydroxylation is 1. The number of nitrogen functional groups attached to an aromatic ring is 1. The zero-order valence-corrected chi connectivity index (χ0v) is 17.5. The Hall–Kier alpha value is -3.69. The average Bonchev–Trinajstić information content (AvgIpc) is 3.47. The Morgan fingerprint density at radius 2 is 2.06 bits per heavy atom. The Balaban J connectivity index is 1.28. The SMILES string of the molecule is Cc1nc(NCc2cnn(Cc3ccc(N)nc3)c2)nc2c1NC(=O)[C@@H](C1CC1)N2C. The zero-order chi connectivity index (χ0) is 21.5. The lowest BCUT2D eigenvalue weighted by molar-refractivity contribution is -0.118. The first-order chi connectivity index (χ1) is 15.0. The molecule has 0 spiro atoms. The van der Waals surface area contributed by atoms with E-state index < -0.39 is 0 Å². The highest BCUT2D eigenvalue weighted by molar-refractivity contribution is 6.03. The van der Waals surface area contributed by atoms with Crippen LogP contribution in [-0.4, -0.2) is 43.7 Å². The second-order valence-electron chi connectivity index (χ2n) is 8.20. The second-order valence-corrected chi connectivity index (χ2v) is 8.20. The van der Waals surface area contributed by atoms with Gasteiger partial charge in [-0.2, -0.15) is 10.1 Å². The van der Waals surface area contributed by atoms with Crippen LogP contribution in [0.4, 0.5) is 23.3 Å². The van der Waals surface area contributed by atoms with E-state index in [1.54, 1.807) is 12.3 Å². The summed E-state index contributed by atoms with van der Waals surface area (Å²) in [5, 5.41) is 10.7. The van der Waals surface area contributed by atoms with Crippen LogP contribution in [0.2, 0.25) is 0 Å². The number of pyridine rings is 1. The Bertz CT molecular complexity index is 1120. The lowest BCUT2D eigenvalue weighted by Crippen LogP contribution is -2.48. The molecule has 0 aromatic carbocycles. The molecule has 5 rings (SSSR count). The summed E-state index contributed by atoms with van der Waals surface area (Å²) in [7, 11) is 1.94. The summed E-state index contributed by atoms with van der Waals surface area (Å²) in [5.74, 6) is 2.24. The van der Waals surface area contributed by atoms with Crippen LogP contribution in [0.25, 0.3) is 0 Å². The molecule has 10 heteroatoms. The van der Waals surface area contributed by atoms with Crippen LogP contribution < -0.4 is 21.3 Å². The minimum Gasteiger partial charge on any atom is -0.384 e. The molecule has 1 saturated carbocycles. The molecule has 0 radical (unpaired) electrons. The van der Waals surface area contributed by atoms with Crippen LogP contribution in [0, 0.1) is 12.8 Å². The molecule has 4 N–H and O–H groups in total. The van der Waals surface area contributed by atoms with E-state index in [0.717, 1.165) is 35.5 Å². The Morgan fingerprint density at radius 1 is 1.23 bits per heavy atom. The highest BCUT2D eigenvalue weighted by Crippen LogP contribution is 2.41. The topological polar surface area (TPSA) is 127 Å². The normalized spacial score (nSPS) is 17.9. The summed E-state index contributed by atoms with van der Waals surface area (Å²) in [4.78, 5) is 27.8. The van der Waals surface area contributed by atoms with E-state index in [1.165, 1.54) is 0 Å². The van der Waals surface area contributed by atoms with Gasteiger partial charge in [0.05, 0.1) is 18.4 Å². The van der Waals surface area contributed by atoms with Crippen LogP contribution in [0.3, 0.4) is 0 Å². The second kappa shape index (κ2) is 7.53. The molecule has 0 unspecified atom stereocenters. The fourth-order valence-corrected chi connectivity index (χ4v) is 3.97. The van der Waals surface area contributed by atoms with Gasteiger partial charge in [-0.1, -0.05) is 6.07 Å². The van der Waals surface area contributed by atoms with E-state index >= 15 is 0 Å². The standard InChI is InChI=1S/C21H25N9O/c1-12-17-19(29(2)18(15-4-5-15)20(31)27-17)28-21(26-12)24-8-14-9-25-30(11-14)10-13-3-6-16(22)23-7-13/h3,6-7,9,11,15,18H,4-5,8,10H2,1-2H3,(H2,22,23)(H,27,31)(H,24,26,28)/t18-/m1/s1. The maximum absolute atomic E-state index is 12.5. The molecule has 0 saturated heterocycles. The molecular formula is C21H25N9O. The quantitative estimate of drug-likeness (QED) is 0.552. The summed E-state index contributed by atoms with van der Waals surface area (Å²) in [6, 6.07) is 3.57. The largest absolute Gasteiger partial charge is 0.384 e. The van der Waals surface area contributed by atoms with Gasteiger partial charge in [-0.15, -0.1) is 0 Å². The van der Waals surface area contributed by atoms with Crippen molar-refractivity contribution in [3.8, 4) is 0 Å². The molecular weight excluding hydrogens is 394 g/mol. The van der Waals surface area contributed by atoms with Crippen LogP contribution >= 0.6 is 0 Å². The van der Waals surface area contributed by atoms with Gasteiger partial charge in [-0.3, -0.25) is 9.48 Å². The molecule has 1 amide bonds. The first-order valence-electron chi connectivity index (χ1n) is 10.4. The Morgan fingerprint density at radius 3 is 2.81 bits per heavy atom. The molecule has 1 fully saturated rings. The molecule has 2 aliphatic rings. The smallest absolute Gasteiger partial charge is 0.247 e. The maximum atomic E-state index is 12.5. The lowest BCUT2D eigenvalue weighted by Gasteiger charge is -2.35. The number of hydrogen-bond acceptors (Lipinski definition) is 8. The molecule has 1 atom stereocenters. The van der Waals surface area contributed by atoms with Crippen molar-refractivity contribution in [2.24, 2.45) is 5.92 Å². The number of hydrogen-bond donors (Lipinski definition) is 3. The Labute approximate surface area is 179 Å². The minimum atomic E-state index is -0.157. The van der Waals surface area contributed by atoms with Crippen molar-refractivity contribution in [1.29, 1.82) is 0 Å². The maximum Gasteiger partial charge on any atom is 0.247 e. The molecule has 1 aliphatic heterocycles. The van der Waals surface area contributed by atoms with Crippen molar-refractivity contribution >= 4 is 29.2 Å². The summed E-state index contributed by atoms with van der Waals surface area (Å²) in [6.07, 6.45) is 7.72. The predicted octanol–water partition coefficient (Wildman–Crippen LogP) is 1.79. The number of nitrogens with two attached hydrogens (primary N) is 1. The number of anilines is 4. The van der Waals surface area contributed by atoms with E-state index in [1.807, 2.05) is 42.0 Å². The lowest BCUT2D eigenvalue weighted by atomic mass is 10.1. The number of carbonyl (C=O) groups is 1. The van der Waals surface area contributed by atoms with Gasteiger partial charge in [0.25, 0.3) is 0 Å². The fourth-order valence-electron chi connectivity index (χ4n) is 3.97. The first-order valence-corrected chi connectivity index (χ1v) is 10.4. The zero-order valence-electron chi connectivity index (χ0n) is 17.5. The number of aromatic nitrogens is 5. The number of nitrogens with zero attached hydrogens (tertiary/aromatic N) is 6. The van der Waals surface area contributed by atoms with Gasteiger partial charge in [0.15, 0.2) is 5.82 Å². The highest BCUT2D eigenvalue weighted by Gasteiger charge is 2.43. The number of carbonyl (C=O) groups excluding carboxylic acids is 1. The third-order valence-electron chi connectivity index (χ3n) is 5.74. The summed E-state index contributed by atoms with van der Waals surface area (Å²) >= 11 is 0. The monoisotopic (exact) mass is 419 g/mol. The van der Waals surface area contributed by atoms with Gasteiger partial charge in [-0.05, 0) is 37.3 Å². The van der Waals surface area contributed by atoms with Crippen molar-refractivity contribution in [1.82, 2.24) is 24.7 Å². The fraction of sp³-hybridized carbons (Fsp3) is 0.381. The molecule has 160 valence electrons. The summed E-state index contributed by atoms with van der Waals surface area (Å²) in [5.41, 5.74) is 9.12. The van der Waals surface area contributed by atoms with Crippen molar-refractivity contribution in [2.75, 3.05) is 28.3 Å². The molecule has 3 aromatic rings. The van der Waals surface area contributed by atoms with Crippen molar-refractivity contribution in [2.45, 2.75) is 38.9 Å². The van der Waals surface area contributed by atoms with E-state index in [0.29, 0.717) is 36.5 Å². The summed E-state index contributed by atoms with van der Waals surface area (Å²) in [6.45, 7) is 3.05. The highest BCUT2D eigenvalue weighted by atomic mass is 16.2. The van der Waals surface area contributed by atoms with Crippen LogP contribution in [0.5, 0.6) is 0 Å². The molecule has 0 bridgehead atoms. The number of rotatable bonds is 6. The van der Waals surface area contributed by atoms with E-state index in [-0.39, 0.29) is 11.9 Å². The van der Waals surface area contributed by atoms with Gasteiger partial charge in [0.2, 0.25) is 11.9 Å². The van der Waals surface area contributed by atoms with E-state index in [9.17, 15) is 4.79 Å². The number of amides is 1. The van der Waals surface area contributed by atoms with Gasteiger partial charge in [-0.25, -0.2) is 9.97 Å². The first kappa shape index (κ1) is 19.3. The number of likely N-dealkylation sites (N-methyl/N-ethyl adjacent to an activating group) is 1. The van der Waals surface area contributed by atoms with Gasteiger partial charge in [0, 0.05) is 31.5 Å². The van der Waals surface area contributed by atoms with Crippen LogP contribution in [0.1, 0.15) is 29.7 Å². The molecule has 31 heavy (non-hydrogen) atoms. The van der Waals surface area contributed by atoms with Crippen molar-refractivity contribution < 1.29 is 4.79 Å². The summed E-state index contributed by atoms with van der Waals surface area (Å²) < 4.78 is 1.85. The van der Waals surface area contributed by atoms with Gasteiger partial charge >= 0.3 is 0 Å². The van der Waals surface area contributed by atoms with Crippen LogP contribution in [-0.2, 0) is 17.9 Å². The molecule has 4 heterocycles. The number of nitrogens with one attached hydrogen (secondary N) is 2. The van der Waals surface area contributed by atoms with Crippen LogP contribution in [0.15, 0.2) is 30.7 Å². The van der Waals surface area contributed by atoms with Crippen molar-refractivity contribution in [3.63, 3.8) is 0 Å². The predicted molar refractivity (Wildman–Crippen MR) is 118 cm³/mol. The van der Waals surface area contributed by atoms with Gasteiger partial charge < -0.3 is 21.3 Å². The molecule has 3 aromatic heterocycles. The third kappa shape index (κ3) is 3.88. The molecule has 10 nitrogen and oxygen atoms in total. The van der Waals surface area contributed by atoms with Gasteiger partial charge in [0.1, 0.15) is 17.5 Å². The molecule has 1 aliphatic carbocycles. The number of fused-ring (bicyclic) bond motifs is 1. The third-order valence-corrected chi connectivity index (χ3v) is 5.74. The minimum absolute atomic E-state index is 0.0358.